The summed E-state index contributed by atoms with van der Waals surface area (Å²) >= 11 is 1.50. The number of nitrogens with zero attached hydrogens (tertiary/aromatic N) is 1. The second-order valence-electron chi connectivity index (χ2n) is 4.30. The summed E-state index contributed by atoms with van der Waals surface area (Å²) in [6, 6.07) is 4.35. The van der Waals surface area contributed by atoms with Gasteiger partial charge in [-0.1, -0.05) is 6.92 Å². The van der Waals surface area contributed by atoms with Gasteiger partial charge >= 0.3 is 0 Å². The Morgan fingerprint density at radius 3 is 2.81 bits per heavy atom. The van der Waals surface area contributed by atoms with Crippen molar-refractivity contribution < 1.29 is 13.2 Å². The third-order valence-electron chi connectivity index (χ3n) is 2.88. The number of methoxy groups -OCH3 is 1. The molecule has 3 N–H and O–H groups in total. The molecule has 6 nitrogen and oxygen atoms in total. The Morgan fingerprint density at radius 1 is 1.43 bits per heavy atom. The van der Waals surface area contributed by atoms with Crippen molar-refractivity contribution in [2.45, 2.75) is 24.8 Å². The highest BCUT2D eigenvalue weighted by Gasteiger charge is 2.16. The predicted molar refractivity (Wildman–Crippen MR) is 82.9 cm³/mol. The number of nitrogens with two attached hydrogens (primary N) is 1. The SMILES string of the molecule is CCc1cnc(CNS(=O)(=O)c2ccc(N)c(OC)c2)s1. The van der Waals surface area contributed by atoms with Crippen molar-refractivity contribution in [3.05, 3.63) is 34.3 Å². The topological polar surface area (TPSA) is 94.3 Å². The minimum absolute atomic E-state index is 0.112. The summed E-state index contributed by atoms with van der Waals surface area (Å²) in [7, 11) is -2.18. The average Bonchev–Trinajstić information content (AvgIpc) is 2.93. The van der Waals surface area contributed by atoms with Gasteiger partial charge in [0.1, 0.15) is 10.8 Å². The fourth-order valence-electron chi connectivity index (χ4n) is 1.69. The maximum absolute atomic E-state index is 12.2. The van der Waals surface area contributed by atoms with Gasteiger partial charge in [-0.2, -0.15) is 0 Å². The molecule has 1 heterocycles. The molecule has 0 fully saturated rings. The maximum atomic E-state index is 12.2. The van der Waals surface area contributed by atoms with Crippen molar-refractivity contribution in [1.29, 1.82) is 0 Å². The first-order chi connectivity index (χ1) is 9.96. The van der Waals surface area contributed by atoms with Crippen molar-refractivity contribution >= 4 is 27.0 Å². The molecule has 2 rings (SSSR count). The Hall–Kier alpha value is -1.64. The average molecular weight is 327 g/mol. The predicted octanol–water partition coefficient (Wildman–Crippen LogP) is 1.77. The number of hydrogen-bond acceptors (Lipinski definition) is 6. The molecule has 0 aliphatic rings. The second-order valence-corrected chi connectivity index (χ2v) is 7.27. The number of thiazole rings is 1. The van der Waals surface area contributed by atoms with Crippen LogP contribution in [0.15, 0.2) is 29.3 Å². The number of aryl methyl sites for hydroxylation is 1. The van der Waals surface area contributed by atoms with E-state index in [1.165, 1.54) is 36.6 Å². The Balaban J connectivity index is 2.14. The van der Waals surface area contributed by atoms with E-state index in [0.717, 1.165) is 16.3 Å². The number of benzene rings is 1. The van der Waals surface area contributed by atoms with Gasteiger partial charge in [-0.3, -0.25) is 0 Å². The smallest absolute Gasteiger partial charge is 0.241 e. The number of anilines is 1. The van der Waals surface area contributed by atoms with Gasteiger partial charge in [-0.15, -0.1) is 11.3 Å². The van der Waals surface area contributed by atoms with Gasteiger partial charge in [0.2, 0.25) is 10.0 Å². The van der Waals surface area contributed by atoms with E-state index in [-0.39, 0.29) is 11.4 Å². The lowest BCUT2D eigenvalue weighted by Gasteiger charge is -2.09. The molecule has 0 aliphatic carbocycles. The monoisotopic (exact) mass is 327 g/mol. The lowest BCUT2D eigenvalue weighted by Crippen LogP contribution is -2.23. The van der Waals surface area contributed by atoms with Crippen molar-refractivity contribution in [1.82, 2.24) is 9.71 Å². The van der Waals surface area contributed by atoms with Crippen LogP contribution in [0.1, 0.15) is 16.8 Å². The summed E-state index contributed by atoms with van der Waals surface area (Å²) in [5.74, 6) is 0.334. The van der Waals surface area contributed by atoms with E-state index >= 15 is 0 Å². The van der Waals surface area contributed by atoms with Crippen LogP contribution in [0.25, 0.3) is 0 Å². The van der Waals surface area contributed by atoms with Crippen LogP contribution >= 0.6 is 11.3 Å². The first-order valence-corrected chi connectivity index (χ1v) is 8.63. The number of aromatic nitrogens is 1. The van der Waals surface area contributed by atoms with Crippen LogP contribution in [-0.2, 0) is 23.0 Å². The van der Waals surface area contributed by atoms with Crippen molar-refractivity contribution in [2.75, 3.05) is 12.8 Å². The minimum atomic E-state index is -3.62. The number of rotatable bonds is 6. The molecule has 1 aromatic carbocycles. The standard InChI is InChI=1S/C13H17N3O3S2/c1-3-9-7-15-13(20-9)8-16-21(17,18)10-4-5-11(14)12(6-10)19-2/h4-7,16H,3,8,14H2,1-2H3. The number of nitrogens with one attached hydrogen (secondary N) is 1. The van der Waals surface area contributed by atoms with E-state index in [2.05, 4.69) is 9.71 Å². The van der Waals surface area contributed by atoms with Crippen molar-refractivity contribution in [3.8, 4) is 5.75 Å². The zero-order valence-electron chi connectivity index (χ0n) is 11.8. The van der Waals surface area contributed by atoms with Crippen LogP contribution in [0.2, 0.25) is 0 Å². The molecule has 0 spiro atoms. The van der Waals surface area contributed by atoms with Gasteiger partial charge in [0.25, 0.3) is 0 Å². The molecule has 0 saturated heterocycles. The molecule has 0 atom stereocenters. The number of nitrogen functional groups attached to an aromatic ring is 1. The van der Waals surface area contributed by atoms with Gasteiger partial charge in [0, 0.05) is 17.1 Å². The van der Waals surface area contributed by atoms with E-state index in [1.807, 2.05) is 6.92 Å². The molecule has 0 unspecified atom stereocenters. The fourth-order valence-corrected chi connectivity index (χ4v) is 3.59. The molecule has 0 radical (unpaired) electrons. The molecule has 8 heteroatoms. The molecule has 0 aliphatic heterocycles. The fraction of sp³-hybridized carbons (Fsp3) is 0.308. The molecule has 0 bridgehead atoms. The quantitative estimate of drug-likeness (QED) is 0.789. The van der Waals surface area contributed by atoms with E-state index in [1.54, 1.807) is 6.20 Å². The highest BCUT2D eigenvalue weighted by Crippen LogP contribution is 2.24. The largest absolute Gasteiger partial charge is 0.495 e. The van der Waals surface area contributed by atoms with E-state index in [0.29, 0.717) is 11.4 Å². The zero-order chi connectivity index (χ0) is 15.5. The van der Waals surface area contributed by atoms with Crippen LogP contribution in [0.5, 0.6) is 5.75 Å². The minimum Gasteiger partial charge on any atom is -0.495 e. The summed E-state index contributed by atoms with van der Waals surface area (Å²) in [5.41, 5.74) is 6.07. The third kappa shape index (κ3) is 3.72. The first kappa shape index (κ1) is 15.7. The van der Waals surface area contributed by atoms with Crippen molar-refractivity contribution in [3.63, 3.8) is 0 Å². The lowest BCUT2D eigenvalue weighted by atomic mass is 10.3. The Morgan fingerprint density at radius 2 is 2.19 bits per heavy atom. The van der Waals surface area contributed by atoms with Gasteiger partial charge < -0.3 is 10.5 Å². The molecule has 2 aromatic rings. The zero-order valence-corrected chi connectivity index (χ0v) is 13.4. The normalized spacial score (nSPS) is 11.5. The van der Waals surface area contributed by atoms with Crippen LogP contribution < -0.4 is 15.2 Å². The first-order valence-electron chi connectivity index (χ1n) is 6.33. The molecular formula is C13H17N3O3S2. The van der Waals surface area contributed by atoms with Crippen LogP contribution in [-0.4, -0.2) is 20.5 Å². The van der Waals surface area contributed by atoms with Gasteiger partial charge in [0.15, 0.2) is 0 Å². The van der Waals surface area contributed by atoms with Crippen LogP contribution in [0, 0.1) is 0 Å². The summed E-state index contributed by atoms with van der Waals surface area (Å²) in [5, 5.41) is 0.734. The van der Waals surface area contributed by atoms with Crippen LogP contribution in [0.3, 0.4) is 0 Å². The highest BCUT2D eigenvalue weighted by atomic mass is 32.2. The Bertz CT molecular complexity index is 726. The number of sulfonamides is 1. The molecule has 1 aromatic heterocycles. The van der Waals surface area contributed by atoms with Gasteiger partial charge in [-0.25, -0.2) is 18.1 Å². The Kier molecular flexibility index (Phi) is 4.81. The molecule has 0 saturated carbocycles. The van der Waals surface area contributed by atoms with Crippen LogP contribution in [0.4, 0.5) is 5.69 Å². The molecule has 21 heavy (non-hydrogen) atoms. The third-order valence-corrected chi connectivity index (χ3v) is 5.42. The summed E-state index contributed by atoms with van der Waals surface area (Å²) in [6.45, 7) is 2.20. The summed E-state index contributed by atoms with van der Waals surface area (Å²) in [6.07, 6.45) is 2.65. The van der Waals surface area contributed by atoms with E-state index in [9.17, 15) is 8.42 Å². The Labute approximate surface area is 128 Å². The number of ether oxygens (including phenoxy) is 1. The van der Waals surface area contributed by atoms with E-state index in [4.69, 9.17) is 10.5 Å². The lowest BCUT2D eigenvalue weighted by molar-refractivity contribution is 0.415. The van der Waals surface area contributed by atoms with Crippen molar-refractivity contribution in [2.24, 2.45) is 0 Å². The highest BCUT2D eigenvalue weighted by molar-refractivity contribution is 7.89. The second kappa shape index (κ2) is 6.42. The molecule has 114 valence electrons. The van der Waals surface area contributed by atoms with E-state index < -0.39 is 10.0 Å². The maximum Gasteiger partial charge on any atom is 0.241 e. The summed E-state index contributed by atoms with van der Waals surface area (Å²) in [4.78, 5) is 5.41. The van der Waals surface area contributed by atoms with Gasteiger partial charge in [0.05, 0.1) is 24.2 Å². The molecule has 0 amide bonds. The molecular weight excluding hydrogens is 310 g/mol. The number of hydrogen-bond donors (Lipinski definition) is 2. The summed E-state index contributed by atoms with van der Waals surface area (Å²) < 4.78 is 32.0. The van der Waals surface area contributed by atoms with Gasteiger partial charge in [-0.05, 0) is 18.6 Å².